The van der Waals surface area contributed by atoms with Crippen LogP contribution in [0.3, 0.4) is 0 Å². The quantitative estimate of drug-likeness (QED) is 0.539. The van der Waals surface area contributed by atoms with Gasteiger partial charge in [-0.1, -0.05) is 6.92 Å². The van der Waals surface area contributed by atoms with E-state index in [4.69, 9.17) is 16.6 Å². The third-order valence-corrected chi connectivity index (χ3v) is 4.33. The molecule has 2 rings (SSSR count). The SMILES string of the molecule is CCC(C)(C)n1c(C(C)Cl)nc2cc(I)ccc21. The van der Waals surface area contributed by atoms with Gasteiger partial charge in [-0.05, 0) is 68.0 Å². The van der Waals surface area contributed by atoms with E-state index in [1.165, 1.54) is 9.09 Å². The van der Waals surface area contributed by atoms with Crippen LogP contribution in [0.5, 0.6) is 0 Å². The first-order valence-corrected chi connectivity index (χ1v) is 7.71. The van der Waals surface area contributed by atoms with Crippen LogP contribution < -0.4 is 0 Å². The first-order valence-electron chi connectivity index (χ1n) is 6.19. The molecule has 0 amide bonds. The highest BCUT2D eigenvalue weighted by molar-refractivity contribution is 14.1. The number of halogens is 2. The molecular weight excluding hydrogens is 359 g/mol. The van der Waals surface area contributed by atoms with Crippen molar-refractivity contribution in [3.63, 3.8) is 0 Å². The van der Waals surface area contributed by atoms with Crippen molar-refractivity contribution < 1.29 is 0 Å². The van der Waals surface area contributed by atoms with Crippen molar-refractivity contribution in [3.05, 3.63) is 27.6 Å². The standard InChI is InChI=1S/C14H18ClIN2/c1-5-14(3,4)18-12-7-6-10(16)8-11(12)17-13(18)9(2)15/h6-9H,5H2,1-4H3. The van der Waals surface area contributed by atoms with Crippen molar-refractivity contribution in [1.29, 1.82) is 0 Å². The predicted octanol–water partition coefficient (Wildman–Crippen LogP) is 5.09. The van der Waals surface area contributed by atoms with Crippen molar-refractivity contribution in [2.45, 2.75) is 45.0 Å². The van der Waals surface area contributed by atoms with Crippen molar-refractivity contribution in [1.82, 2.24) is 9.55 Å². The Hall–Kier alpha value is -0.290. The maximum absolute atomic E-state index is 6.30. The number of nitrogens with zero attached hydrogens (tertiary/aromatic N) is 2. The van der Waals surface area contributed by atoms with E-state index in [2.05, 4.69) is 66.1 Å². The summed E-state index contributed by atoms with van der Waals surface area (Å²) in [5.41, 5.74) is 2.23. The van der Waals surface area contributed by atoms with Crippen LogP contribution in [0, 0.1) is 3.57 Å². The zero-order chi connectivity index (χ0) is 13.5. The fraction of sp³-hybridized carbons (Fsp3) is 0.500. The Labute approximate surface area is 127 Å². The summed E-state index contributed by atoms with van der Waals surface area (Å²) in [6, 6.07) is 6.38. The Bertz CT molecular complexity index is 572. The van der Waals surface area contributed by atoms with Crippen molar-refractivity contribution in [3.8, 4) is 0 Å². The predicted molar refractivity (Wildman–Crippen MR) is 86.3 cm³/mol. The van der Waals surface area contributed by atoms with Crippen molar-refractivity contribution in [2.24, 2.45) is 0 Å². The van der Waals surface area contributed by atoms with Gasteiger partial charge in [0.25, 0.3) is 0 Å². The molecule has 0 N–H and O–H groups in total. The minimum atomic E-state index is -0.0825. The smallest absolute Gasteiger partial charge is 0.128 e. The average molecular weight is 377 g/mol. The summed E-state index contributed by atoms with van der Waals surface area (Å²) >= 11 is 8.61. The topological polar surface area (TPSA) is 17.8 Å². The van der Waals surface area contributed by atoms with E-state index in [9.17, 15) is 0 Å². The molecule has 98 valence electrons. The average Bonchev–Trinajstić information content (AvgIpc) is 2.68. The van der Waals surface area contributed by atoms with Gasteiger partial charge in [0.05, 0.1) is 16.4 Å². The molecule has 0 saturated carbocycles. The van der Waals surface area contributed by atoms with Gasteiger partial charge in [0.2, 0.25) is 0 Å². The fourth-order valence-corrected chi connectivity index (χ4v) is 2.75. The largest absolute Gasteiger partial charge is 0.321 e. The molecule has 0 bridgehead atoms. The van der Waals surface area contributed by atoms with Gasteiger partial charge in [0, 0.05) is 9.11 Å². The van der Waals surface area contributed by atoms with Crippen LogP contribution >= 0.6 is 34.2 Å². The Morgan fingerprint density at radius 1 is 1.44 bits per heavy atom. The lowest BCUT2D eigenvalue weighted by Crippen LogP contribution is -2.27. The summed E-state index contributed by atoms with van der Waals surface area (Å²) < 4.78 is 3.49. The van der Waals surface area contributed by atoms with Crippen LogP contribution in [0.2, 0.25) is 0 Å². The van der Waals surface area contributed by atoms with Gasteiger partial charge in [-0.15, -0.1) is 11.6 Å². The van der Waals surface area contributed by atoms with Crippen LogP contribution in [-0.2, 0) is 5.54 Å². The summed E-state index contributed by atoms with van der Waals surface area (Å²) in [7, 11) is 0. The zero-order valence-corrected chi connectivity index (χ0v) is 14.1. The molecule has 0 spiro atoms. The lowest BCUT2D eigenvalue weighted by atomic mass is 10.0. The molecule has 2 nitrogen and oxygen atoms in total. The van der Waals surface area contributed by atoms with Gasteiger partial charge in [0.15, 0.2) is 0 Å². The van der Waals surface area contributed by atoms with Gasteiger partial charge < -0.3 is 4.57 Å². The lowest BCUT2D eigenvalue weighted by molar-refractivity contribution is 0.341. The van der Waals surface area contributed by atoms with E-state index in [0.29, 0.717) is 0 Å². The van der Waals surface area contributed by atoms with E-state index in [1.807, 2.05) is 6.92 Å². The van der Waals surface area contributed by atoms with Gasteiger partial charge in [-0.2, -0.15) is 0 Å². The molecule has 18 heavy (non-hydrogen) atoms. The number of aromatic nitrogens is 2. The molecule has 0 fully saturated rings. The van der Waals surface area contributed by atoms with Gasteiger partial charge in [-0.25, -0.2) is 4.98 Å². The lowest BCUT2D eigenvalue weighted by Gasteiger charge is -2.28. The van der Waals surface area contributed by atoms with Crippen LogP contribution in [-0.4, -0.2) is 9.55 Å². The number of rotatable bonds is 3. The van der Waals surface area contributed by atoms with Crippen LogP contribution in [0.25, 0.3) is 11.0 Å². The minimum Gasteiger partial charge on any atom is -0.321 e. The Balaban J connectivity index is 2.79. The van der Waals surface area contributed by atoms with E-state index in [1.54, 1.807) is 0 Å². The van der Waals surface area contributed by atoms with Crippen LogP contribution in [0.1, 0.15) is 45.3 Å². The maximum Gasteiger partial charge on any atom is 0.128 e. The molecule has 0 radical (unpaired) electrons. The molecular formula is C14H18ClIN2. The van der Waals surface area contributed by atoms with Crippen molar-refractivity contribution >= 4 is 45.2 Å². The third-order valence-electron chi connectivity index (χ3n) is 3.47. The first-order chi connectivity index (χ1) is 8.36. The van der Waals surface area contributed by atoms with E-state index >= 15 is 0 Å². The molecule has 1 aromatic carbocycles. The molecule has 0 aliphatic heterocycles. The minimum absolute atomic E-state index is 0.0278. The van der Waals surface area contributed by atoms with Gasteiger partial charge >= 0.3 is 0 Å². The molecule has 0 aliphatic rings. The highest BCUT2D eigenvalue weighted by atomic mass is 127. The monoisotopic (exact) mass is 376 g/mol. The highest BCUT2D eigenvalue weighted by Crippen LogP contribution is 2.33. The second-order valence-corrected chi connectivity index (χ2v) is 7.12. The Morgan fingerprint density at radius 2 is 2.11 bits per heavy atom. The van der Waals surface area contributed by atoms with E-state index in [0.717, 1.165) is 17.8 Å². The summed E-state index contributed by atoms with van der Waals surface area (Å²) in [6.07, 6.45) is 1.04. The van der Waals surface area contributed by atoms with E-state index < -0.39 is 0 Å². The summed E-state index contributed by atoms with van der Waals surface area (Å²) in [6.45, 7) is 8.64. The van der Waals surface area contributed by atoms with Crippen LogP contribution in [0.15, 0.2) is 18.2 Å². The molecule has 1 heterocycles. The summed E-state index contributed by atoms with van der Waals surface area (Å²) in [4.78, 5) is 4.71. The molecule has 4 heteroatoms. The highest BCUT2D eigenvalue weighted by Gasteiger charge is 2.26. The zero-order valence-electron chi connectivity index (χ0n) is 11.2. The molecule has 1 atom stereocenters. The number of benzene rings is 1. The molecule has 1 unspecified atom stereocenters. The summed E-state index contributed by atoms with van der Waals surface area (Å²) in [5.74, 6) is 0.959. The maximum atomic E-state index is 6.30. The fourth-order valence-electron chi connectivity index (χ4n) is 2.13. The number of fused-ring (bicyclic) bond motifs is 1. The molecule has 2 aromatic rings. The normalized spacial score (nSPS) is 14.1. The Morgan fingerprint density at radius 3 is 2.67 bits per heavy atom. The second-order valence-electron chi connectivity index (χ2n) is 5.22. The third kappa shape index (κ3) is 2.39. The van der Waals surface area contributed by atoms with Crippen LogP contribution in [0.4, 0.5) is 0 Å². The number of hydrogen-bond donors (Lipinski definition) is 0. The number of imidazole rings is 1. The second kappa shape index (κ2) is 5.00. The molecule has 0 saturated heterocycles. The Kier molecular flexibility index (Phi) is 3.93. The van der Waals surface area contributed by atoms with E-state index in [-0.39, 0.29) is 10.9 Å². The number of hydrogen-bond acceptors (Lipinski definition) is 1. The van der Waals surface area contributed by atoms with Gasteiger partial charge in [0.1, 0.15) is 5.82 Å². The van der Waals surface area contributed by atoms with Crippen molar-refractivity contribution in [2.75, 3.05) is 0 Å². The summed E-state index contributed by atoms with van der Waals surface area (Å²) in [5, 5.41) is -0.0825. The van der Waals surface area contributed by atoms with Gasteiger partial charge in [-0.3, -0.25) is 0 Å². The molecule has 1 aromatic heterocycles. The molecule has 0 aliphatic carbocycles. The number of alkyl halides is 1. The first kappa shape index (κ1) is 14.1.